The molecule has 0 aromatic carbocycles. The first-order valence-electron chi connectivity index (χ1n) is 4.65. The highest BCUT2D eigenvalue weighted by Crippen LogP contribution is 2.31. The molecule has 0 spiro atoms. The van der Waals surface area contributed by atoms with Crippen molar-refractivity contribution in [2.24, 2.45) is 0 Å². The van der Waals surface area contributed by atoms with Crippen molar-refractivity contribution in [2.75, 3.05) is 11.4 Å². The molecule has 0 amide bonds. The van der Waals surface area contributed by atoms with Crippen molar-refractivity contribution in [1.82, 2.24) is 4.98 Å². The molecule has 0 radical (unpaired) electrons. The normalized spacial score (nSPS) is 11.4. The topological polar surface area (TPSA) is 50.3 Å². The predicted octanol–water partition coefficient (Wildman–Crippen LogP) is 2.73. The highest BCUT2D eigenvalue weighted by molar-refractivity contribution is 9.10. The fraction of sp³-hybridized carbons (Fsp3) is 0.100. The third-order valence-corrected chi connectivity index (χ3v) is 6.64. The zero-order valence-corrected chi connectivity index (χ0v) is 12.1. The maximum Gasteiger partial charge on any atom is 0.274 e. The quantitative estimate of drug-likeness (QED) is 0.868. The molecular formula is C10H9BrN2O2S2. The summed E-state index contributed by atoms with van der Waals surface area (Å²) >= 11 is 4.42. The second kappa shape index (κ2) is 4.75. The molecule has 7 heteroatoms. The van der Waals surface area contributed by atoms with Crippen molar-refractivity contribution >= 4 is 43.0 Å². The fourth-order valence-electron chi connectivity index (χ4n) is 1.28. The number of aromatic nitrogens is 1. The van der Waals surface area contributed by atoms with Crippen LogP contribution in [0.5, 0.6) is 0 Å². The number of sulfonamides is 1. The molecule has 0 aliphatic carbocycles. The Morgan fingerprint density at radius 1 is 1.29 bits per heavy atom. The van der Waals surface area contributed by atoms with Crippen LogP contribution >= 0.6 is 27.3 Å². The molecule has 0 aliphatic rings. The van der Waals surface area contributed by atoms with Crippen molar-refractivity contribution in [1.29, 1.82) is 0 Å². The Hall–Kier alpha value is -0.920. The summed E-state index contributed by atoms with van der Waals surface area (Å²) in [7, 11) is -1.98. The van der Waals surface area contributed by atoms with Crippen LogP contribution in [0, 0.1) is 0 Å². The van der Waals surface area contributed by atoms with E-state index in [1.54, 1.807) is 36.0 Å². The van der Waals surface area contributed by atoms with Crippen LogP contribution in [0.15, 0.2) is 44.7 Å². The van der Waals surface area contributed by atoms with Gasteiger partial charge in [0.15, 0.2) is 4.21 Å². The maximum absolute atomic E-state index is 12.3. The smallest absolute Gasteiger partial charge is 0.269 e. The fourth-order valence-corrected chi connectivity index (χ4v) is 4.94. The summed E-state index contributed by atoms with van der Waals surface area (Å²) in [5, 5.41) is 1.73. The molecule has 2 aromatic rings. The number of thiophene rings is 1. The molecular weight excluding hydrogens is 324 g/mol. The van der Waals surface area contributed by atoms with Gasteiger partial charge in [-0.3, -0.25) is 9.29 Å². The summed E-state index contributed by atoms with van der Waals surface area (Å²) in [6.45, 7) is 0. The van der Waals surface area contributed by atoms with E-state index in [1.807, 2.05) is 0 Å². The SMILES string of the molecule is CN(c1ccncc1)S(=O)(=O)c1sccc1Br. The Kier molecular flexibility index (Phi) is 3.50. The predicted molar refractivity (Wildman–Crippen MR) is 71.8 cm³/mol. The van der Waals surface area contributed by atoms with Crippen LogP contribution in [0.3, 0.4) is 0 Å². The third-order valence-electron chi connectivity index (χ3n) is 2.21. The zero-order valence-electron chi connectivity index (χ0n) is 8.87. The minimum Gasteiger partial charge on any atom is -0.269 e. The molecule has 2 rings (SSSR count). The maximum atomic E-state index is 12.3. The average molecular weight is 333 g/mol. The van der Waals surface area contributed by atoms with Gasteiger partial charge in [0.1, 0.15) is 0 Å². The number of rotatable bonds is 3. The van der Waals surface area contributed by atoms with E-state index < -0.39 is 10.0 Å². The summed E-state index contributed by atoms with van der Waals surface area (Å²) in [4.78, 5) is 3.86. The largest absolute Gasteiger partial charge is 0.274 e. The Morgan fingerprint density at radius 2 is 1.94 bits per heavy atom. The number of hydrogen-bond acceptors (Lipinski definition) is 4. The molecule has 0 bridgehead atoms. The molecule has 2 heterocycles. The first-order valence-corrected chi connectivity index (χ1v) is 7.76. The van der Waals surface area contributed by atoms with Crippen molar-refractivity contribution < 1.29 is 8.42 Å². The molecule has 17 heavy (non-hydrogen) atoms. The highest BCUT2D eigenvalue weighted by Gasteiger charge is 2.24. The van der Waals surface area contributed by atoms with Gasteiger partial charge < -0.3 is 0 Å². The van der Waals surface area contributed by atoms with Crippen LogP contribution in [-0.4, -0.2) is 20.4 Å². The molecule has 0 N–H and O–H groups in total. The van der Waals surface area contributed by atoms with Gasteiger partial charge >= 0.3 is 0 Å². The minimum absolute atomic E-state index is 0.303. The average Bonchev–Trinajstić information content (AvgIpc) is 2.76. The molecule has 0 saturated carbocycles. The monoisotopic (exact) mass is 332 g/mol. The van der Waals surface area contributed by atoms with Crippen LogP contribution in [-0.2, 0) is 10.0 Å². The van der Waals surface area contributed by atoms with E-state index in [2.05, 4.69) is 20.9 Å². The second-order valence-electron chi connectivity index (χ2n) is 3.23. The zero-order chi connectivity index (χ0) is 12.5. The Morgan fingerprint density at radius 3 is 2.47 bits per heavy atom. The second-order valence-corrected chi connectivity index (χ2v) is 7.17. The summed E-state index contributed by atoms with van der Waals surface area (Å²) < 4.78 is 26.7. The number of halogens is 1. The Labute approximate surface area is 112 Å². The van der Waals surface area contributed by atoms with Gasteiger partial charge in [-0.25, -0.2) is 8.42 Å². The first-order chi connectivity index (χ1) is 8.03. The van der Waals surface area contributed by atoms with Gasteiger partial charge in [-0.2, -0.15) is 0 Å². The van der Waals surface area contributed by atoms with Crippen molar-refractivity contribution in [3.05, 3.63) is 40.4 Å². The lowest BCUT2D eigenvalue weighted by Gasteiger charge is -2.18. The van der Waals surface area contributed by atoms with E-state index in [0.717, 1.165) is 0 Å². The standard InChI is InChI=1S/C10H9BrN2O2S2/c1-13(8-2-5-12-6-3-8)17(14,15)10-9(11)4-7-16-10/h2-7H,1H3. The molecule has 4 nitrogen and oxygen atoms in total. The summed E-state index contributed by atoms with van der Waals surface area (Å²) in [5.41, 5.74) is 0.584. The lowest BCUT2D eigenvalue weighted by Crippen LogP contribution is -2.26. The molecule has 0 unspecified atom stereocenters. The molecule has 90 valence electrons. The molecule has 0 fully saturated rings. The van der Waals surface area contributed by atoms with E-state index in [-0.39, 0.29) is 0 Å². The number of nitrogens with zero attached hydrogens (tertiary/aromatic N) is 2. The first kappa shape index (κ1) is 12.5. The summed E-state index contributed by atoms with van der Waals surface area (Å²) in [5.74, 6) is 0. The summed E-state index contributed by atoms with van der Waals surface area (Å²) in [6.07, 6.45) is 3.12. The van der Waals surface area contributed by atoms with Gasteiger partial charge in [-0.05, 0) is 39.5 Å². The molecule has 0 aliphatic heterocycles. The van der Waals surface area contributed by atoms with Gasteiger partial charge in [0.25, 0.3) is 10.0 Å². The third kappa shape index (κ3) is 2.36. The Balaban J connectivity index is 2.45. The number of hydrogen-bond donors (Lipinski definition) is 0. The lowest BCUT2D eigenvalue weighted by molar-refractivity contribution is 0.596. The Bertz CT molecular complexity index is 610. The van der Waals surface area contributed by atoms with E-state index in [4.69, 9.17) is 0 Å². The van der Waals surface area contributed by atoms with E-state index >= 15 is 0 Å². The van der Waals surface area contributed by atoms with Crippen LogP contribution in [0.25, 0.3) is 0 Å². The van der Waals surface area contributed by atoms with E-state index in [0.29, 0.717) is 14.4 Å². The van der Waals surface area contributed by atoms with Gasteiger partial charge in [0.2, 0.25) is 0 Å². The van der Waals surface area contributed by atoms with Crippen LogP contribution < -0.4 is 4.31 Å². The van der Waals surface area contributed by atoms with Gasteiger partial charge in [-0.1, -0.05) is 0 Å². The van der Waals surface area contributed by atoms with Crippen LogP contribution in [0.2, 0.25) is 0 Å². The van der Waals surface area contributed by atoms with Gasteiger partial charge in [0.05, 0.1) is 5.69 Å². The van der Waals surface area contributed by atoms with Crippen LogP contribution in [0.4, 0.5) is 5.69 Å². The van der Waals surface area contributed by atoms with Crippen molar-refractivity contribution in [2.45, 2.75) is 4.21 Å². The summed E-state index contributed by atoms with van der Waals surface area (Å²) in [6, 6.07) is 5.02. The van der Waals surface area contributed by atoms with E-state index in [1.165, 1.54) is 22.7 Å². The lowest BCUT2D eigenvalue weighted by atomic mass is 10.4. The van der Waals surface area contributed by atoms with E-state index in [9.17, 15) is 8.42 Å². The number of anilines is 1. The molecule has 0 saturated heterocycles. The number of pyridine rings is 1. The molecule has 2 aromatic heterocycles. The van der Waals surface area contributed by atoms with Crippen molar-refractivity contribution in [3.63, 3.8) is 0 Å². The highest BCUT2D eigenvalue weighted by atomic mass is 79.9. The van der Waals surface area contributed by atoms with Gasteiger partial charge in [0, 0.05) is 23.9 Å². The molecule has 0 atom stereocenters. The minimum atomic E-state index is -3.50. The van der Waals surface area contributed by atoms with Crippen molar-refractivity contribution in [3.8, 4) is 0 Å². The van der Waals surface area contributed by atoms with Gasteiger partial charge in [-0.15, -0.1) is 11.3 Å². The van der Waals surface area contributed by atoms with Crippen LogP contribution in [0.1, 0.15) is 0 Å².